The molecule has 0 aliphatic heterocycles. The first-order valence-corrected chi connectivity index (χ1v) is 7.12. The van der Waals surface area contributed by atoms with Crippen molar-refractivity contribution in [1.29, 1.82) is 0 Å². The first kappa shape index (κ1) is 14.6. The lowest BCUT2D eigenvalue weighted by molar-refractivity contribution is 0.312. The Bertz CT molecular complexity index is 403. The molecule has 1 unspecified atom stereocenters. The van der Waals surface area contributed by atoms with Crippen molar-refractivity contribution in [3.63, 3.8) is 0 Å². The molecule has 0 saturated carbocycles. The fourth-order valence-electron chi connectivity index (χ4n) is 1.11. The topological polar surface area (TPSA) is 115 Å². The summed E-state index contributed by atoms with van der Waals surface area (Å²) in [5.41, 5.74) is 2.33. The fraction of sp³-hybridized carbons (Fsp3) is 0.667. The lowest BCUT2D eigenvalue weighted by Gasteiger charge is -2.08. The minimum atomic E-state index is -0.822. The number of hydrogen-bond acceptors (Lipinski definition) is 8. The Morgan fingerprint density at radius 1 is 1.28 bits per heavy atom. The predicted octanol–water partition coefficient (Wildman–Crippen LogP) is -0.264. The first-order valence-electron chi connectivity index (χ1n) is 5.63. The second-order valence-electron chi connectivity index (χ2n) is 3.20. The molecule has 0 saturated heterocycles. The molecule has 1 heterocycles. The standard InChI is InChI=1S/C9H18N6O2S/c1-3-17-9-13-7(12-8(14-9)15-10)11-5-6-18(16)4-2/h3-6,10H2,1-2H3,(H2,11,12,13,14,15). The Kier molecular flexibility index (Phi) is 6.29. The van der Waals surface area contributed by atoms with Crippen LogP contribution in [0, 0.1) is 0 Å². The summed E-state index contributed by atoms with van der Waals surface area (Å²) in [6.45, 7) is 4.67. The first-order chi connectivity index (χ1) is 8.69. The van der Waals surface area contributed by atoms with Gasteiger partial charge in [0.1, 0.15) is 0 Å². The average Bonchev–Trinajstić information content (AvgIpc) is 2.38. The Morgan fingerprint density at radius 3 is 2.61 bits per heavy atom. The van der Waals surface area contributed by atoms with Gasteiger partial charge >= 0.3 is 6.01 Å². The summed E-state index contributed by atoms with van der Waals surface area (Å²) in [6, 6.07) is 0.194. The highest BCUT2D eigenvalue weighted by molar-refractivity contribution is 7.84. The van der Waals surface area contributed by atoms with E-state index in [2.05, 4.69) is 25.7 Å². The number of hydrazine groups is 1. The molecule has 0 aliphatic rings. The van der Waals surface area contributed by atoms with Crippen molar-refractivity contribution in [3.05, 3.63) is 0 Å². The molecule has 4 N–H and O–H groups in total. The van der Waals surface area contributed by atoms with E-state index < -0.39 is 10.8 Å². The van der Waals surface area contributed by atoms with Gasteiger partial charge in [0.25, 0.3) is 0 Å². The highest BCUT2D eigenvalue weighted by Crippen LogP contribution is 2.09. The Balaban J connectivity index is 2.63. The van der Waals surface area contributed by atoms with E-state index in [1.54, 1.807) is 0 Å². The highest BCUT2D eigenvalue weighted by atomic mass is 32.2. The summed E-state index contributed by atoms with van der Waals surface area (Å²) < 4.78 is 16.4. The van der Waals surface area contributed by atoms with Crippen LogP contribution in [0.2, 0.25) is 0 Å². The van der Waals surface area contributed by atoms with Gasteiger partial charge in [-0.3, -0.25) is 9.63 Å². The molecule has 18 heavy (non-hydrogen) atoms. The van der Waals surface area contributed by atoms with Crippen LogP contribution in [-0.2, 0) is 10.8 Å². The van der Waals surface area contributed by atoms with Gasteiger partial charge in [0.2, 0.25) is 11.9 Å². The second kappa shape index (κ2) is 7.77. The molecule has 0 radical (unpaired) electrons. The second-order valence-corrected chi connectivity index (χ2v) is 5.07. The van der Waals surface area contributed by atoms with Crippen molar-refractivity contribution in [1.82, 2.24) is 15.0 Å². The van der Waals surface area contributed by atoms with E-state index in [4.69, 9.17) is 10.6 Å². The van der Waals surface area contributed by atoms with Crippen LogP contribution in [0.4, 0.5) is 11.9 Å². The Hall–Kier alpha value is -1.48. The number of rotatable bonds is 8. The summed E-state index contributed by atoms with van der Waals surface area (Å²) in [7, 11) is -0.822. The monoisotopic (exact) mass is 274 g/mol. The lowest BCUT2D eigenvalue weighted by atomic mass is 10.7. The van der Waals surface area contributed by atoms with Crippen LogP contribution in [-0.4, -0.2) is 43.8 Å². The number of nitrogens with two attached hydrogens (primary N) is 1. The van der Waals surface area contributed by atoms with E-state index in [9.17, 15) is 4.21 Å². The molecular weight excluding hydrogens is 256 g/mol. The van der Waals surface area contributed by atoms with Crippen molar-refractivity contribution in [2.45, 2.75) is 13.8 Å². The number of aromatic nitrogens is 3. The number of ether oxygens (including phenoxy) is 1. The van der Waals surface area contributed by atoms with Gasteiger partial charge in [-0.25, -0.2) is 5.84 Å². The van der Waals surface area contributed by atoms with Crippen LogP contribution in [0.3, 0.4) is 0 Å². The van der Waals surface area contributed by atoms with Crippen molar-refractivity contribution < 1.29 is 8.95 Å². The number of nitrogens with one attached hydrogen (secondary N) is 2. The van der Waals surface area contributed by atoms with Crippen LogP contribution in [0.1, 0.15) is 13.8 Å². The van der Waals surface area contributed by atoms with E-state index in [-0.39, 0.29) is 12.0 Å². The molecule has 0 bridgehead atoms. The number of anilines is 2. The molecule has 1 rings (SSSR count). The van der Waals surface area contributed by atoms with Gasteiger partial charge in [0.15, 0.2) is 0 Å². The van der Waals surface area contributed by atoms with Crippen LogP contribution >= 0.6 is 0 Å². The van der Waals surface area contributed by atoms with Crippen LogP contribution < -0.4 is 21.3 Å². The van der Waals surface area contributed by atoms with E-state index in [1.165, 1.54) is 0 Å². The Labute approximate surface area is 108 Å². The summed E-state index contributed by atoms with van der Waals surface area (Å²) >= 11 is 0. The summed E-state index contributed by atoms with van der Waals surface area (Å²) in [4.78, 5) is 12.0. The van der Waals surface area contributed by atoms with Gasteiger partial charge in [-0.15, -0.1) is 0 Å². The van der Waals surface area contributed by atoms with Crippen molar-refractivity contribution >= 4 is 22.7 Å². The molecule has 0 aliphatic carbocycles. The van der Waals surface area contributed by atoms with E-state index in [1.807, 2.05) is 13.8 Å². The zero-order valence-electron chi connectivity index (χ0n) is 10.5. The van der Waals surface area contributed by atoms with E-state index in [0.717, 1.165) is 0 Å². The molecule has 0 spiro atoms. The molecule has 102 valence electrons. The maximum atomic E-state index is 11.3. The SMILES string of the molecule is CCOc1nc(NN)nc(NCCS(=O)CC)n1. The van der Waals surface area contributed by atoms with Gasteiger partial charge in [-0.05, 0) is 6.92 Å². The van der Waals surface area contributed by atoms with Gasteiger partial charge in [-0.2, -0.15) is 15.0 Å². The molecule has 0 aromatic carbocycles. The number of nitrogens with zero attached hydrogens (tertiary/aromatic N) is 3. The maximum absolute atomic E-state index is 11.3. The van der Waals surface area contributed by atoms with Gasteiger partial charge < -0.3 is 10.1 Å². The zero-order valence-corrected chi connectivity index (χ0v) is 11.3. The molecule has 0 fully saturated rings. The molecule has 1 aromatic rings. The van der Waals surface area contributed by atoms with Crippen molar-refractivity contribution in [3.8, 4) is 6.01 Å². The number of nitrogen functional groups attached to an aromatic ring is 1. The van der Waals surface area contributed by atoms with Gasteiger partial charge in [0, 0.05) is 28.9 Å². The maximum Gasteiger partial charge on any atom is 0.323 e. The third kappa shape index (κ3) is 4.80. The normalized spacial score (nSPS) is 11.9. The molecule has 0 amide bonds. The zero-order chi connectivity index (χ0) is 13.4. The largest absolute Gasteiger partial charge is 0.464 e. The van der Waals surface area contributed by atoms with Crippen LogP contribution in [0.5, 0.6) is 6.01 Å². The molecule has 8 nitrogen and oxygen atoms in total. The molecule has 1 atom stereocenters. The lowest BCUT2D eigenvalue weighted by Crippen LogP contribution is -2.17. The van der Waals surface area contributed by atoms with Gasteiger partial charge in [-0.1, -0.05) is 6.92 Å². The summed E-state index contributed by atoms with van der Waals surface area (Å²) in [5.74, 6) is 6.98. The molecule has 9 heteroatoms. The van der Waals surface area contributed by atoms with Gasteiger partial charge in [0.05, 0.1) is 6.61 Å². The fourth-order valence-corrected chi connectivity index (χ4v) is 1.73. The summed E-state index contributed by atoms with van der Waals surface area (Å²) in [6.07, 6.45) is 0. The van der Waals surface area contributed by atoms with E-state index >= 15 is 0 Å². The highest BCUT2D eigenvalue weighted by Gasteiger charge is 2.06. The third-order valence-electron chi connectivity index (χ3n) is 1.95. The van der Waals surface area contributed by atoms with Crippen molar-refractivity contribution in [2.24, 2.45) is 5.84 Å². The predicted molar refractivity (Wildman–Crippen MR) is 70.8 cm³/mol. The van der Waals surface area contributed by atoms with Crippen molar-refractivity contribution in [2.75, 3.05) is 35.4 Å². The van der Waals surface area contributed by atoms with Crippen LogP contribution in [0.15, 0.2) is 0 Å². The third-order valence-corrected chi connectivity index (χ3v) is 3.26. The molecular formula is C9H18N6O2S. The minimum Gasteiger partial charge on any atom is -0.464 e. The number of hydrogen-bond donors (Lipinski definition) is 3. The minimum absolute atomic E-state index is 0.194. The quantitative estimate of drug-likeness (QED) is 0.438. The Morgan fingerprint density at radius 2 is 2.00 bits per heavy atom. The van der Waals surface area contributed by atoms with E-state index in [0.29, 0.717) is 30.6 Å². The molecule has 1 aromatic heterocycles. The smallest absolute Gasteiger partial charge is 0.323 e. The average molecular weight is 274 g/mol. The summed E-state index contributed by atoms with van der Waals surface area (Å²) in [5, 5.41) is 2.95. The van der Waals surface area contributed by atoms with Crippen LogP contribution in [0.25, 0.3) is 0 Å².